The molecule has 0 unspecified atom stereocenters. The van der Waals surface area contributed by atoms with Crippen LogP contribution < -0.4 is 5.32 Å². The molecule has 0 aliphatic carbocycles. The number of carbonyl (C=O) groups excluding carboxylic acids is 1. The van der Waals surface area contributed by atoms with Crippen LogP contribution in [0.5, 0.6) is 0 Å². The van der Waals surface area contributed by atoms with E-state index < -0.39 is 17.8 Å². The molecule has 9 heteroatoms. The van der Waals surface area contributed by atoms with Crippen LogP contribution in [0.25, 0.3) is 22.2 Å². The van der Waals surface area contributed by atoms with Gasteiger partial charge in [0.1, 0.15) is 11.4 Å². The third-order valence-corrected chi connectivity index (χ3v) is 4.07. The van der Waals surface area contributed by atoms with Crippen LogP contribution in [0, 0.1) is 0 Å². The number of anilines is 1. The zero-order valence-corrected chi connectivity index (χ0v) is 14.7. The number of pyridine rings is 2. The molecule has 6 nitrogen and oxygen atoms in total. The van der Waals surface area contributed by atoms with Crippen LogP contribution in [-0.4, -0.2) is 25.8 Å². The highest BCUT2D eigenvalue weighted by molar-refractivity contribution is 6.04. The minimum Gasteiger partial charge on any atom is -0.304 e. The molecule has 0 radical (unpaired) electrons. The summed E-state index contributed by atoms with van der Waals surface area (Å²) in [5, 5.41) is 3.24. The monoisotopic (exact) mass is 395 g/mol. The fraction of sp³-hybridized carbons (Fsp3) is 0.0500. The van der Waals surface area contributed by atoms with E-state index in [9.17, 15) is 18.0 Å². The van der Waals surface area contributed by atoms with Gasteiger partial charge in [-0.25, -0.2) is 15.0 Å². The SMILES string of the molecule is O=C(Nc1cnccn1)c1ccc2cccc(-c3cccc(C(F)(F)F)n3)c2n1. The van der Waals surface area contributed by atoms with Crippen LogP contribution in [0.1, 0.15) is 16.2 Å². The topological polar surface area (TPSA) is 80.7 Å². The molecule has 1 N–H and O–H groups in total. The van der Waals surface area contributed by atoms with Gasteiger partial charge in [0.15, 0.2) is 5.82 Å². The maximum absolute atomic E-state index is 13.0. The number of fused-ring (bicyclic) bond motifs is 1. The maximum atomic E-state index is 13.0. The molecule has 0 fully saturated rings. The minimum absolute atomic E-state index is 0.0857. The lowest BCUT2D eigenvalue weighted by Crippen LogP contribution is -2.14. The second-order valence-corrected chi connectivity index (χ2v) is 6.02. The van der Waals surface area contributed by atoms with Crippen molar-refractivity contribution < 1.29 is 18.0 Å². The van der Waals surface area contributed by atoms with Crippen LogP contribution in [0.2, 0.25) is 0 Å². The van der Waals surface area contributed by atoms with E-state index in [-0.39, 0.29) is 17.2 Å². The summed E-state index contributed by atoms with van der Waals surface area (Å²) >= 11 is 0. The van der Waals surface area contributed by atoms with Crippen molar-refractivity contribution in [3.8, 4) is 11.3 Å². The van der Waals surface area contributed by atoms with Crippen molar-refractivity contribution in [2.24, 2.45) is 0 Å². The highest BCUT2D eigenvalue weighted by atomic mass is 19.4. The van der Waals surface area contributed by atoms with Crippen LogP contribution in [0.3, 0.4) is 0 Å². The number of rotatable bonds is 3. The number of halogens is 3. The first kappa shape index (κ1) is 18.5. The second-order valence-electron chi connectivity index (χ2n) is 6.02. The number of aromatic nitrogens is 4. The van der Waals surface area contributed by atoms with E-state index in [1.807, 2.05) is 0 Å². The predicted octanol–water partition coefficient (Wildman–Crippen LogP) is 4.36. The molecule has 4 rings (SSSR count). The number of nitrogens with one attached hydrogen (secondary N) is 1. The number of benzene rings is 1. The zero-order valence-electron chi connectivity index (χ0n) is 14.7. The lowest BCUT2D eigenvalue weighted by atomic mass is 10.1. The number of alkyl halides is 3. The Bertz CT molecular complexity index is 1200. The Labute approximate surface area is 162 Å². The molecule has 0 atom stereocenters. The summed E-state index contributed by atoms with van der Waals surface area (Å²) in [6.07, 6.45) is -0.272. The number of carbonyl (C=O) groups is 1. The molecule has 29 heavy (non-hydrogen) atoms. The van der Waals surface area contributed by atoms with E-state index in [4.69, 9.17) is 0 Å². The van der Waals surface area contributed by atoms with Crippen molar-refractivity contribution >= 4 is 22.6 Å². The van der Waals surface area contributed by atoms with Gasteiger partial charge in [-0.2, -0.15) is 13.2 Å². The molecule has 0 aliphatic rings. The molecule has 1 aromatic carbocycles. The van der Waals surface area contributed by atoms with Gasteiger partial charge in [0, 0.05) is 23.3 Å². The van der Waals surface area contributed by atoms with Gasteiger partial charge < -0.3 is 5.32 Å². The van der Waals surface area contributed by atoms with E-state index in [2.05, 4.69) is 25.3 Å². The van der Waals surface area contributed by atoms with E-state index >= 15 is 0 Å². The summed E-state index contributed by atoms with van der Waals surface area (Å²) in [4.78, 5) is 28.4. The Hall–Kier alpha value is -3.88. The summed E-state index contributed by atoms with van der Waals surface area (Å²) in [6.45, 7) is 0. The van der Waals surface area contributed by atoms with Gasteiger partial charge in [-0.15, -0.1) is 0 Å². The third kappa shape index (κ3) is 3.88. The first-order valence-corrected chi connectivity index (χ1v) is 8.43. The molecule has 4 aromatic rings. The molecule has 0 saturated heterocycles. The fourth-order valence-corrected chi connectivity index (χ4v) is 2.77. The van der Waals surface area contributed by atoms with Crippen molar-refractivity contribution in [3.63, 3.8) is 0 Å². The van der Waals surface area contributed by atoms with Gasteiger partial charge in [0.2, 0.25) is 0 Å². The van der Waals surface area contributed by atoms with Gasteiger partial charge in [0.25, 0.3) is 5.91 Å². The minimum atomic E-state index is -4.56. The lowest BCUT2D eigenvalue weighted by Gasteiger charge is -2.10. The number of para-hydroxylation sites is 1. The summed E-state index contributed by atoms with van der Waals surface area (Å²) in [7, 11) is 0. The van der Waals surface area contributed by atoms with E-state index in [1.165, 1.54) is 36.8 Å². The fourth-order valence-electron chi connectivity index (χ4n) is 2.77. The number of nitrogens with zero attached hydrogens (tertiary/aromatic N) is 4. The van der Waals surface area contributed by atoms with Crippen molar-refractivity contribution in [1.29, 1.82) is 0 Å². The van der Waals surface area contributed by atoms with Crippen LogP contribution in [-0.2, 0) is 6.18 Å². The lowest BCUT2D eigenvalue weighted by molar-refractivity contribution is -0.141. The van der Waals surface area contributed by atoms with E-state index in [1.54, 1.807) is 24.3 Å². The summed E-state index contributed by atoms with van der Waals surface area (Å²) in [6, 6.07) is 11.9. The Morgan fingerprint density at radius 1 is 0.931 bits per heavy atom. The van der Waals surface area contributed by atoms with Crippen LogP contribution in [0.4, 0.5) is 19.0 Å². The highest BCUT2D eigenvalue weighted by Crippen LogP contribution is 2.31. The van der Waals surface area contributed by atoms with Crippen LogP contribution in [0.15, 0.2) is 67.1 Å². The highest BCUT2D eigenvalue weighted by Gasteiger charge is 2.32. The van der Waals surface area contributed by atoms with Gasteiger partial charge >= 0.3 is 6.18 Å². The molecule has 3 aromatic heterocycles. The zero-order chi connectivity index (χ0) is 20.4. The predicted molar refractivity (Wildman–Crippen MR) is 100.0 cm³/mol. The molecule has 0 bridgehead atoms. The summed E-state index contributed by atoms with van der Waals surface area (Å²) in [5.74, 6) is -0.258. The van der Waals surface area contributed by atoms with Crippen molar-refractivity contribution in [3.05, 3.63) is 78.5 Å². The second kappa shape index (κ2) is 7.27. The van der Waals surface area contributed by atoms with Crippen molar-refractivity contribution in [2.75, 3.05) is 5.32 Å². The number of amides is 1. The summed E-state index contributed by atoms with van der Waals surface area (Å²) in [5.41, 5.74) is -0.0376. The van der Waals surface area contributed by atoms with Gasteiger partial charge in [0.05, 0.1) is 17.4 Å². The number of hydrogen-bond donors (Lipinski definition) is 1. The van der Waals surface area contributed by atoms with Crippen LogP contribution >= 0.6 is 0 Å². The normalized spacial score (nSPS) is 11.4. The first-order chi connectivity index (χ1) is 13.9. The first-order valence-electron chi connectivity index (χ1n) is 8.43. The van der Waals surface area contributed by atoms with E-state index in [0.717, 1.165) is 6.07 Å². The third-order valence-electron chi connectivity index (χ3n) is 4.07. The van der Waals surface area contributed by atoms with Gasteiger partial charge in [-0.1, -0.05) is 30.3 Å². The Morgan fingerprint density at radius 2 is 1.76 bits per heavy atom. The molecule has 0 aliphatic heterocycles. The summed E-state index contributed by atoms with van der Waals surface area (Å²) < 4.78 is 39.1. The van der Waals surface area contributed by atoms with Crippen molar-refractivity contribution in [1.82, 2.24) is 19.9 Å². The van der Waals surface area contributed by atoms with Gasteiger partial charge in [-0.05, 0) is 18.2 Å². The molecule has 1 amide bonds. The molecule has 0 spiro atoms. The Morgan fingerprint density at radius 3 is 2.52 bits per heavy atom. The Balaban J connectivity index is 1.76. The molecule has 3 heterocycles. The largest absolute Gasteiger partial charge is 0.433 e. The standard InChI is InChI=1S/C20H12F3N5O/c21-20(22,23)16-6-2-5-14(26-16)13-4-1-3-12-7-8-15(27-18(12)13)19(29)28-17-11-24-9-10-25-17/h1-11H,(H,25,28,29). The maximum Gasteiger partial charge on any atom is 0.433 e. The molecular weight excluding hydrogens is 383 g/mol. The van der Waals surface area contributed by atoms with E-state index in [0.29, 0.717) is 16.5 Å². The molecule has 144 valence electrons. The van der Waals surface area contributed by atoms with Gasteiger partial charge in [-0.3, -0.25) is 9.78 Å². The average molecular weight is 395 g/mol. The smallest absolute Gasteiger partial charge is 0.304 e. The molecule has 0 saturated carbocycles. The average Bonchev–Trinajstić information content (AvgIpc) is 2.73. The molecular formula is C20H12F3N5O. The van der Waals surface area contributed by atoms with Crippen molar-refractivity contribution in [2.45, 2.75) is 6.18 Å². The number of hydrogen-bond acceptors (Lipinski definition) is 5. The Kier molecular flexibility index (Phi) is 4.63. The quantitative estimate of drug-likeness (QED) is 0.558.